The van der Waals surface area contributed by atoms with Crippen molar-refractivity contribution in [2.24, 2.45) is 0 Å². The van der Waals surface area contributed by atoms with E-state index in [-0.39, 0.29) is 11.9 Å². The number of carbonyl (C=O) groups excluding carboxylic acids is 1. The minimum absolute atomic E-state index is 0.000125. The van der Waals surface area contributed by atoms with Crippen LogP contribution in [0.1, 0.15) is 60.5 Å². The SMILES string of the molecule is CCC(Oc1ccc(C)cc1C)C(=O)NC(CC)c1ccc(C)cc1C. The van der Waals surface area contributed by atoms with Crippen LogP contribution in [0.4, 0.5) is 0 Å². The van der Waals surface area contributed by atoms with Crippen LogP contribution in [0.3, 0.4) is 0 Å². The van der Waals surface area contributed by atoms with Gasteiger partial charge in [-0.2, -0.15) is 0 Å². The van der Waals surface area contributed by atoms with Crippen LogP contribution < -0.4 is 10.1 Å². The van der Waals surface area contributed by atoms with Crippen LogP contribution >= 0.6 is 0 Å². The van der Waals surface area contributed by atoms with E-state index >= 15 is 0 Å². The normalized spacial score (nSPS) is 13.2. The van der Waals surface area contributed by atoms with Crippen molar-refractivity contribution in [1.82, 2.24) is 5.32 Å². The number of benzene rings is 2. The van der Waals surface area contributed by atoms with Crippen molar-refractivity contribution in [3.8, 4) is 5.75 Å². The minimum atomic E-state index is -0.490. The molecule has 0 fully saturated rings. The first-order chi connectivity index (χ1) is 12.3. The van der Waals surface area contributed by atoms with Crippen molar-refractivity contribution in [1.29, 1.82) is 0 Å². The van der Waals surface area contributed by atoms with Crippen molar-refractivity contribution >= 4 is 5.91 Å². The maximum atomic E-state index is 12.8. The second-order valence-corrected chi connectivity index (χ2v) is 7.11. The van der Waals surface area contributed by atoms with Crippen molar-refractivity contribution in [3.63, 3.8) is 0 Å². The molecule has 2 aromatic rings. The van der Waals surface area contributed by atoms with Gasteiger partial charge in [-0.1, -0.05) is 55.3 Å². The van der Waals surface area contributed by atoms with Gasteiger partial charge in [0.15, 0.2) is 6.10 Å². The Kier molecular flexibility index (Phi) is 6.84. The summed E-state index contributed by atoms with van der Waals surface area (Å²) in [6.07, 6.45) is 0.981. The highest BCUT2D eigenvalue weighted by Gasteiger charge is 2.23. The molecule has 1 amide bonds. The maximum Gasteiger partial charge on any atom is 0.261 e. The van der Waals surface area contributed by atoms with Crippen LogP contribution in [0.2, 0.25) is 0 Å². The van der Waals surface area contributed by atoms with Gasteiger partial charge in [-0.15, -0.1) is 0 Å². The number of ether oxygens (including phenoxy) is 1. The van der Waals surface area contributed by atoms with Crippen LogP contribution in [0.5, 0.6) is 5.75 Å². The van der Waals surface area contributed by atoms with E-state index in [0.717, 1.165) is 17.7 Å². The third kappa shape index (κ3) is 4.87. The second-order valence-electron chi connectivity index (χ2n) is 7.11. The van der Waals surface area contributed by atoms with Crippen molar-refractivity contribution < 1.29 is 9.53 Å². The Bertz CT molecular complexity index is 767. The molecule has 2 unspecified atom stereocenters. The first-order valence-electron chi connectivity index (χ1n) is 9.47. The fourth-order valence-corrected chi connectivity index (χ4v) is 3.29. The Balaban J connectivity index is 2.13. The van der Waals surface area contributed by atoms with Gasteiger partial charge in [0.2, 0.25) is 0 Å². The molecule has 3 heteroatoms. The van der Waals surface area contributed by atoms with Gasteiger partial charge in [-0.25, -0.2) is 0 Å². The van der Waals surface area contributed by atoms with Gasteiger partial charge < -0.3 is 10.1 Å². The van der Waals surface area contributed by atoms with Gasteiger partial charge in [-0.3, -0.25) is 4.79 Å². The number of hydrogen-bond acceptors (Lipinski definition) is 2. The molecule has 0 saturated carbocycles. The lowest BCUT2D eigenvalue weighted by molar-refractivity contribution is -0.129. The Labute approximate surface area is 157 Å². The Hall–Kier alpha value is -2.29. The molecular formula is C23H31NO2. The van der Waals surface area contributed by atoms with E-state index in [1.807, 2.05) is 26.0 Å². The Morgan fingerprint density at radius 3 is 2.08 bits per heavy atom. The van der Waals surface area contributed by atoms with E-state index in [9.17, 15) is 4.79 Å². The number of rotatable bonds is 7. The maximum absolute atomic E-state index is 12.8. The van der Waals surface area contributed by atoms with Gasteiger partial charge in [0.25, 0.3) is 5.91 Å². The lowest BCUT2D eigenvalue weighted by Gasteiger charge is -2.24. The first kappa shape index (κ1) is 20.0. The summed E-state index contributed by atoms with van der Waals surface area (Å²) in [5.74, 6) is 0.719. The highest BCUT2D eigenvalue weighted by molar-refractivity contribution is 5.81. The van der Waals surface area contributed by atoms with E-state index in [1.54, 1.807) is 0 Å². The smallest absolute Gasteiger partial charge is 0.261 e. The fraction of sp³-hybridized carbons (Fsp3) is 0.435. The number of hydrogen-bond donors (Lipinski definition) is 1. The largest absolute Gasteiger partial charge is 0.480 e. The Morgan fingerprint density at radius 2 is 1.54 bits per heavy atom. The molecule has 0 bridgehead atoms. The molecule has 2 aromatic carbocycles. The third-order valence-corrected chi connectivity index (χ3v) is 4.79. The standard InChI is InChI=1S/C23H31NO2/c1-7-20(19-11-9-15(3)13-17(19)5)24-23(25)21(8-2)26-22-12-10-16(4)14-18(22)6/h9-14,20-21H,7-8H2,1-6H3,(H,24,25). The second kappa shape index (κ2) is 8.88. The van der Waals surface area contributed by atoms with Crippen molar-refractivity contribution in [3.05, 3.63) is 64.2 Å². The third-order valence-electron chi connectivity index (χ3n) is 4.79. The summed E-state index contributed by atoms with van der Waals surface area (Å²) in [7, 11) is 0. The van der Waals surface area contributed by atoms with E-state index < -0.39 is 6.10 Å². The number of amides is 1. The van der Waals surface area contributed by atoms with Crippen molar-refractivity contribution in [2.45, 2.75) is 66.5 Å². The van der Waals surface area contributed by atoms with Gasteiger partial charge in [0, 0.05) is 0 Å². The average molecular weight is 354 g/mol. The van der Waals surface area contributed by atoms with Crippen LogP contribution in [0, 0.1) is 27.7 Å². The Morgan fingerprint density at radius 1 is 0.923 bits per heavy atom. The van der Waals surface area contributed by atoms with Crippen molar-refractivity contribution in [2.75, 3.05) is 0 Å². The molecule has 0 heterocycles. The zero-order valence-electron chi connectivity index (χ0n) is 16.8. The summed E-state index contributed by atoms with van der Waals surface area (Å²) < 4.78 is 6.03. The number of aryl methyl sites for hydroxylation is 4. The number of carbonyl (C=O) groups is 1. The topological polar surface area (TPSA) is 38.3 Å². The quantitative estimate of drug-likeness (QED) is 0.729. The van der Waals surface area contributed by atoms with Crippen LogP contribution in [-0.2, 0) is 4.79 Å². The predicted octanol–water partition coefficient (Wildman–Crippen LogP) is 5.35. The highest BCUT2D eigenvalue weighted by atomic mass is 16.5. The molecule has 26 heavy (non-hydrogen) atoms. The summed E-state index contributed by atoms with van der Waals surface area (Å²) in [6.45, 7) is 12.3. The molecule has 0 aromatic heterocycles. The van der Waals surface area contributed by atoms with Gasteiger partial charge in [-0.05, 0) is 63.3 Å². The van der Waals surface area contributed by atoms with E-state index in [4.69, 9.17) is 4.74 Å². The van der Waals surface area contributed by atoms with E-state index in [0.29, 0.717) is 6.42 Å². The zero-order chi connectivity index (χ0) is 19.3. The lowest BCUT2D eigenvalue weighted by atomic mass is 9.97. The zero-order valence-corrected chi connectivity index (χ0v) is 16.8. The summed E-state index contributed by atoms with van der Waals surface area (Å²) in [5, 5.41) is 3.18. The fourth-order valence-electron chi connectivity index (χ4n) is 3.29. The molecule has 140 valence electrons. The molecule has 2 atom stereocenters. The molecule has 0 radical (unpaired) electrons. The van der Waals surface area contributed by atoms with E-state index in [2.05, 4.69) is 57.3 Å². The van der Waals surface area contributed by atoms with Crippen LogP contribution in [-0.4, -0.2) is 12.0 Å². The summed E-state index contributed by atoms with van der Waals surface area (Å²) in [6, 6.07) is 12.4. The lowest BCUT2D eigenvalue weighted by Crippen LogP contribution is -2.40. The predicted molar refractivity (Wildman–Crippen MR) is 108 cm³/mol. The number of nitrogens with one attached hydrogen (secondary N) is 1. The first-order valence-corrected chi connectivity index (χ1v) is 9.47. The van der Waals surface area contributed by atoms with E-state index in [1.165, 1.54) is 22.3 Å². The minimum Gasteiger partial charge on any atom is -0.480 e. The average Bonchev–Trinajstić information content (AvgIpc) is 2.59. The molecule has 0 aliphatic rings. The molecular weight excluding hydrogens is 322 g/mol. The molecule has 3 nitrogen and oxygen atoms in total. The molecule has 0 aliphatic carbocycles. The monoisotopic (exact) mass is 353 g/mol. The summed E-state index contributed by atoms with van der Waals surface area (Å²) in [5.41, 5.74) is 5.86. The molecule has 2 rings (SSSR count). The summed E-state index contributed by atoms with van der Waals surface area (Å²) in [4.78, 5) is 12.8. The highest BCUT2D eigenvalue weighted by Crippen LogP contribution is 2.24. The molecule has 0 saturated heterocycles. The molecule has 0 spiro atoms. The molecule has 1 N–H and O–H groups in total. The summed E-state index contributed by atoms with van der Waals surface area (Å²) >= 11 is 0. The van der Waals surface area contributed by atoms with Gasteiger partial charge in [0.1, 0.15) is 5.75 Å². The van der Waals surface area contributed by atoms with Gasteiger partial charge in [0.05, 0.1) is 6.04 Å². The van der Waals surface area contributed by atoms with Crippen LogP contribution in [0.15, 0.2) is 36.4 Å². The molecule has 0 aliphatic heterocycles. The van der Waals surface area contributed by atoms with Crippen LogP contribution in [0.25, 0.3) is 0 Å². The van der Waals surface area contributed by atoms with Gasteiger partial charge >= 0.3 is 0 Å².